The lowest BCUT2D eigenvalue weighted by molar-refractivity contribution is -0.138. The van der Waals surface area contributed by atoms with Crippen LogP contribution in [0.5, 0.6) is 5.75 Å². The van der Waals surface area contributed by atoms with E-state index < -0.39 is 28.5 Å². The lowest BCUT2D eigenvalue weighted by Gasteiger charge is -2.32. The number of carbonyl (C=O) groups is 2. The van der Waals surface area contributed by atoms with Crippen molar-refractivity contribution in [2.75, 3.05) is 30.5 Å². The molecule has 3 aromatic rings. The molecule has 0 saturated carbocycles. The third kappa shape index (κ3) is 8.82. The molecule has 3 rings (SSSR count). The highest BCUT2D eigenvalue weighted by Gasteiger charge is 2.32. The van der Waals surface area contributed by atoms with Gasteiger partial charge in [0.15, 0.2) is 0 Å². The van der Waals surface area contributed by atoms with E-state index in [1.807, 2.05) is 51.1 Å². The molecule has 0 saturated heterocycles. The minimum Gasteiger partial charge on any atom is -0.494 e. The number of aryl methyl sites for hydroxylation is 1. The van der Waals surface area contributed by atoms with E-state index in [4.69, 9.17) is 4.74 Å². The maximum Gasteiger partial charge on any atom is 0.264 e. The molecule has 0 radical (unpaired) electrons. The number of sulfonamides is 1. The standard InChI is InChI=1S/C32H41N3O5S/c1-5-7-22-33-32(37)26(4)34(23-21-27-11-9-8-10-12-27)31(36)24-35(28-15-17-29(18-16-28)40-6-2)41(38,39)30-19-13-25(3)14-20-30/h8-20,26H,5-7,21-24H2,1-4H3,(H,33,37). The summed E-state index contributed by atoms with van der Waals surface area (Å²) >= 11 is 0. The molecule has 0 aliphatic rings. The first-order valence-corrected chi connectivity index (χ1v) is 15.5. The zero-order chi connectivity index (χ0) is 29.8. The van der Waals surface area contributed by atoms with Gasteiger partial charge in [-0.05, 0) is 75.6 Å². The molecule has 1 N–H and O–H groups in total. The summed E-state index contributed by atoms with van der Waals surface area (Å²) in [6.45, 7) is 8.23. The predicted octanol–water partition coefficient (Wildman–Crippen LogP) is 4.97. The van der Waals surface area contributed by atoms with Crippen molar-refractivity contribution in [2.45, 2.75) is 57.9 Å². The largest absolute Gasteiger partial charge is 0.494 e. The number of hydrogen-bond acceptors (Lipinski definition) is 5. The molecule has 8 nitrogen and oxygen atoms in total. The molecule has 9 heteroatoms. The number of ether oxygens (including phenoxy) is 1. The topological polar surface area (TPSA) is 96.0 Å². The van der Waals surface area contributed by atoms with E-state index in [2.05, 4.69) is 5.32 Å². The zero-order valence-electron chi connectivity index (χ0n) is 24.4. The fourth-order valence-corrected chi connectivity index (χ4v) is 5.76. The van der Waals surface area contributed by atoms with Gasteiger partial charge in [-0.15, -0.1) is 0 Å². The van der Waals surface area contributed by atoms with Gasteiger partial charge in [0, 0.05) is 13.1 Å². The second-order valence-corrected chi connectivity index (χ2v) is 11.8. The summed E-state index contributed by atoms with van der Waals surface area (Å²) in [4.78, 5) is 28.5. The molecule has 220 valence electrons. The van der Waals surface area contributed by atoms with Gasteiger partial charge in [-0.3, -0.25) is 13.9 Å². The van der Waals surface area contributed by atoms with Gasteiger partial charge < -0.3 is 15.0 Å². The fraction of sp³-hybridized carbons (Fsp3) is 0.375. The SMILES string of the molecule is CCCCNC(=O)C(C)N(CCc1ccccc1)C(=O)CN(c1ccc(OCC)cc1)S(=O)(=O)c1ccc(C)cc1. The zero-order valence-corrected chi connectivity index (χ0v) is 25.2. The Morgan fingerprint density at radius 2 is 1.59 bits per heavy atom. The van der Waals surface area contributed by atoms with Gasteiger partial charge in [0.05, 0.1) is 17.2 Å². The van der Waals surface area contributed by atoms with Crippen LogP contribution >= 0.6 is 0 Å². The number of carbonyl (C=O) groups excluding carboxylic acids is 2. The molecule has 2 amide bonds. The Morgan fingerprint density at radius 3 is 2.20 bits per heavy atom. The summed E-state index contributed by atoms with van der Waals surface area (Å²) in [6.07, 6.45) is 2.28. The van der Waals surface area contributed by atoms with Gasteiger partial charge in [-0.25, -0.2) is 8.42 Å². The minimum absolute atomic E-state index is 0.0750. The van der Waals surface area contributed by atoms with Crippen molar-refractivity contribution in [2.24, 2.45) is 0 Å². The van der Waals surface area contributed by atoms with Gasteiger partial charge in [-0.2, -0.15) is 0 Å². The number of benzene rings is 3. The van der Waals surface area contributed by atoms with Crippen LogP contribution < -0.4 is 14.4 Å². The van der Waals surface area contributed by atoms with Crippen molar-refractivity contribution in [3.63, 3.8) is 0 Å². The maximum absolute atomic E-state index is 13.9. The van der Waals surface area contributed by atoms with E-state index in [0.717, 1.165) is 28.3 Å². The summed E-state index contributed by atoms with van der Waals surface area (Å²) in [7, 11) is -4.11. The van der Waals surface area contributed by atoms with Crippen molar-refractivity contribution in [1.29, 1.82) is 0 Å². The molecule has 0 aliphatic carbocycles. The van der Waals surface area contributed by atoms with Gasteiger partial charge in [0.2, 0.25) is 11.8 Å². The summed E-state index contributed by atoms with van der Waals surface area (Å²) in [5, 5.41) is 2.90. The van der Waals surface area contributed by atoms with Crippen LogP contribution in [-0.2, 0) is 26.0 Å². The molecular weight excluding hydrogens is 538 g/mol. The second kappa shape index (κ2) is 15.2. The van der Waals surface area contributed by atoms with Crippen molar-refractivity contribution < 1.29 is 22.7 Å². The normalized spacial score (nSPS) is 11.9. The van der Waals surface area contributed by atoms with Crippen molar-refractivity contribution in [3.8, 4) is 5.75 Å². The monoisotopic (exact) mass is 579 g/mol. The number of nitrogens with one attached hydrogen (secondary N) is 1. The number of nitrogens with zero attached hydrogens (tertiary/aromatic N) is 2. The van der Waals surface area contributed by atoms with Gasteiger partial charge in [0.25, 0.3) is 10.0 Å². The molecule has 41 heavy (non-hydrogen) atoms. The smallest absolute Gasteiger partial charge is 0.264 e. The van der Waals surface area contributed by atoms with E-state index in [1.54, 1.807) is 43.3 Å². The quantitative estimate of drug-likeness (QED) is 0.257. The molecular formula is C32H41N3O5S. The summed E-state index contributed by atoms with van der Waals surface area (Å²) in [5.41, 5.74) is 2.26. The van der Waals surface area contributed by atoms with E-state index in [0.29, 0.717) is 31.0 Å². The number of anilines is 1. The highest BCUT2D eigenvalue weighted by molar-refractivity contribution is 7.92. The third-order valence-electron chi connectivity index (χ3n) is 6.80. The molecule has 0 bridgehead atoms. The number of amides is 2. The molecule has 0 fully saturated rings. The Morgan fingerprint density at radius 1 is 0.927 bits per heavy atom. The number of rotatable bonds is 15. The van der Waals surface area contributed by atoms with E-state index in [1.165, 1.54) is 17.0 Å². The summed E-state index contributed by atoms with van der Waals surface area (Å²) in [5.74, 6) is -0.144. The maximum atomic E-state index is 13.9. The Kier molecular flexibility index (Phi) is 11.8. The predicted molar refractivity (Wildman–Crippen MR) is 163 cm³/mol. The fourth-order valence-electron chi connectivity index (χ4n) is 4.35. The number of unbranched alkanes of at least 4 members (excludes halogenated alkanes) is 1. The lowest BCUT2D eigenvalue weighted by atomic mass is 10.1. The van der Waals surface area contributed by atoms with Crippen LogP contribution in [0.1, 0.15) is 44.7 Å². The molecule has 0 aliphatic heterocycles. The first-order chi connectivity index (χ1) is 19.7. The summed E-state index contributed by atoms with van der Waals surface area (Å²) < 4.78 is 34.5. The van der Waals surface area contributed by atoms with Crippen molar-refractivity contribution in [1.82, 2.24) is 10.2 Å². The third-order valence-corrected chi connectivity index (χ3v) is 8.59. The van der Waals surface area contributed by atoms with Crippen LogP contribution in [0.15, 0.2) is 83.8 Å². The molecule has 0 heterocycles. The van der Waals surface area contributed by atoms with Gasteiger partial charge >= 0.3 is 0 Å². The average Bonchev–Trinajstić information content (AvgIpc) is 2.97. The van der Waals surface area contributed by atoms with Gasteiger partial charge in [0.1, 0.15) is 18.3 Å². The van der Waals surface area contributed by atoms with Crippen molar-refractivity contribution in [3.05, 3.63) is 90.0 Å². The molecule has 3 aromatic carbocycles. The Balaban J connectivity index is 1.95. The summed E-state index contributed by atoms with van der Waals surface area (Å²) in [6, 6.07) is 22.0. The molecule has 0 spiro atoms. The Labute approximate surface area is 244 Å². The molecule has 1 atom stereocenters. The van der Waals surface area contributed by atoms with Crippen LogP contribution in [0.25, 0.3) is 0 Å². The van der Waals surface area contributed by atoms with Crippen LogP contribution in [0.4, 0.5) is 5.69 Å². The van der Waals surface area contributed by atoms with E-state index in [9.17, 15) is 18.0 Å². The average molecular weight is 580 g/mol. The molecule has 1 unspecified atom stereocenters. The second-order valence-electron chi connectivity index (χ2n) is 9.89. The first kappa shape index (κ1) is 31.7. The van der Waals surface area contributed by atoms with Crippen LogP contribution in [0.3, 0.4) is 0 Å². The highest BCUT2D eigenvalue weighted by atomic mass is 32.2. The van der Waals surface area contributed by atoms with Crippen LogP contribution in [-0.4, -0.2) is 57.4 Å². The molecule has 0 aromatic heterocycles. The Bertz CT molecular complexity index is 1360. The van der Waals surface area contributed by atoms with E-state index in [-0.39, 0.29) is 17.3 Å². The highest BCUT2D eigenvalue weighted by Crippen LogP contribution is 2.26. The van der Waals surface area contributed by atoms with Crippen LogP contribution in [0, 0.1) is 6.92 Å². The van der Waals surface area contributed by atoms with Crippen molar-refractivity contribution >= 4 is 27.5 Å². The van der Waals surface area contributed by atoms with Crippen LogP contribution in [0.2, 0.25) is 0 Å². The van der Waals surface area contributed by atoms with E-state index >= 15 is 0 Å². The number of hydrogen-bond donors (Lipinski definition) is 1. The lowest BCUT2D eigenvalue weighted by Crippen LogP contribution is -2.52. The first-order valence-electron chi connectivity index (χ1n) is 14.1. The Hall–Kier alpha value is -3.85. The van der Waals surface area contributed by atoms with Gasteiger partial charge in [-0.1, -0.05) is 61.4 Å². The minimum atomic E-state index is -4.11.